The Morgan fingerprint density at radius 1 is 0.939 bits per heavy atom. The van der Waals surface area contributed by atoms with Gasteiger partial charge in [-0.15, -0.1) is 0 Å². The minimum absolute atomic E-state index is 0.0445. The van der Waals surface area contributed by atoms with Crippen molar-refractivity contribution in [3.8, 4) is 17.2 Å². The molecule has 4 rings (SSSR count). The Balaban J connectivity index is 1.90. The Hall–Kier alpha value is -4.26. The fourth-order valence-corrected chi connectivity index (χ4v) is 3.96. The summed E-state index contributed by atoms with van der Waals surface area (Å²) in [6.45, 7) is 0.161. The molecule has 2 N–H and O–H groups in total. The summed E-state index contributed by atoms with van der Waals surface area (Å²) in [4.78, 5) is 27.7. The van der Waals surface area contributed by atoms with Crippen LogP contribution in [0.4, 0.5) is 0 Å². The summed E-state index contributed by atoms with van der Waals surface area (Å²) in [5, 5.41) is 21.2. The molecule has 33 heavy (non-hydrogen) atoms. The Bertz CT molecular complexity index is 1230. The Morgan fingerprint density at radius 2 is 1.70 bits per heavy atom. The highest BCUT2D eigenvalue weighted by Crippen LogP contribution is 2.42. The van der Waals surface area contributed by atoms with Crippen molar-refractivity contribution in [1.29, 1.82) is 0 Å². The van der Waals surface area contributed by atoms with Gasteiger partial charge in [0.25, 0.3) is 11.7 Å². The van der Waals surface area contributed by atoms with Crippen molar-refractivity contribution >= 4 is 17.4 Å². The van der Waals surface area contributed by atoms with E-state index in [1.165, 1.54) is 25.2 Å². The van der Waals surface area contributed by atoms with E-state index in [1.54, 1.807) is 36.4 Å². The van der Waals surface area contributed by atoms with Crippen LogP contribution in [0, 0.1) is 0 Å². The van der Waals surface area contributed by atoms with Crippen molar-refractivity contribution in [1.82, 2.24) is 4.90 Å². The number of methoxy groups -OCH3 is 2. The lowest BCUT2D eigenvalue weighted by Crippen LogP contribution is -2.29. The summed E-state index contributed by atoms with van der Waals surface area (Å²) in [6.07, 6.45) is 0. The van der Waals surface area contributed by atoms with Crippen molar-refractivity contribution < 1.29 is 29.3 Å². The molecule has 1 atom stereocenters. The van der Waals surface area contributed by atoms with Crippen LogP contribution in [0.5, 0.6) is 17.2 Å². The highest BCUT2D eigenvalue weighted by atomic mass is 16.5. The number of rotatable bonds is 6. The number of phenols is 1. The molecular formula is C26H23NO6. The second kappa shape index (κ2) is 9.08. The van der Waals surface area contributed by atoms with Gasteiger partial charge in [0.05, 0.1) is 25.8 Å². The number of nitrogens with zero attached hydrogens (tertiary/aromatic N) is 1. The van der Waals surface area contributed by atoms with Crippen LogP contribution < -0.4 is 9.47 Å². The average molecular weight is 445 g/mol. The van der Waals surface area contributed by atoms with E-state index in [0.717, 1.165) is 5.56 Å². The van der Waals surface area contributed by atoms with Gasteiger partial charge in [-0.05, 0) is 35.4 Å². The third-order valence-electron chi connectivity index (χ3n) is 5.60. The normalized spacial score (nSPS) is 17.3. The van der Waals surface area contributed by atoms with Crippen molar-refractivity contribution in [2.45, 2.75) is 12.6 Å². The van der Waals surface area contributed by atoms with Gasteiger partial charge in [-0.2, -0.15) is 0 Å². The van der Waals surface area contributed by atoms with E-state index in [-0.39, 0.29) is 29.4 Å². The van der Waals surface area contributed by atoms with E-state index >= 15 is 0 Å². The maximum absolute atomic E-state index is 13.2. The molecule has 0 aromatic heterocycles. The molecule has 1 aliphatic rings. The maximum atomic E-state index is 13.2. The number of Topliss-reactive ketones (excluding diaryl/α,β-unsaturated/α-hetero) is 1. The van der Waals surface area contributed by atoms with E-state index in [1.807, 2.05) is 30.3 Å². The first-order valence-corrected chi connectivity index (χ1v) is 10.3. The van der Waals surface area contributed by atoms with Crippen LogP contribution in [0.15, 0.2) is 78.4 Å². The first-order chi connectivity index (χ1) is 15.9. The summed E-state index contributed by atoms with van der Waals surface area (Å²) >= 11 is 0. The average Bonchev–Trinajstić information content (AvgIpc) is 3.09. The predicted molar refractivity (Wildman–Crippen MR) is 122 cm³/mol. The highest BCUT2D eigenvalue weighted by molar-refractivity contribution is 6.46. The minimum Gasteiger partial charge on any atom is -0.507 e. The molecule has 3 aromatic carbocycles. The molecule has 0 spiro atoms. The van der Waals surface area contributed by atoms with E-state index in [4.69, 9.17) is 9.47 Å². The number of likely N-dealkylation sites (tertiary alicyclic amines) is 1. The number of aromatic hydroxyl groups is 1. The highest BCUT2D eigenvalue weighted by Gasteiger charge is 2.46. The van der Waals surface area contributed by atoms with Gasteiger partial charge in [-0.3, -0.25) is 9.59 Å². The lowest BCUT2D eigenvalue weighted by Gasteiger charge is -2.26. The number of ether oxygens (including phenoxy) is 2. The number of carbonyl (C=O) groups is 2. The third-order valence-corrected chi connectivity index (χ3v) is 5.60. The van der Waals surface area contributed by atoms with Gasteiger partial charge in [-0.1, -0.05) is 48.5 Å². The second-order valence-electron chi connectivity index (χ2n) is 7.58. The summed E-state index contributed by atoms with van der Waals surface area (Å²) in [6, 6.07) is 19.6. The van der Waals surface area contributed by atoms with Crippen LogP contribution >= 0.6 is 0 Å². The Labute approximate surface area is 191 Å². The standard InChI is InChI=1S/C26H23NO6/c1-32-19-10-6-9-18(13-19)24(29)22-23(17-11-12-20(28)21(14-17)33-2)27(26(31)25(22)30)15-16-7-4-3-5-8-16/h3-14,23,28-29H,15H2,1-2H3/b24-22+. The molecule has 1 aliphatic heterocycles. The molecular weight excluding hydrogens is 422 g/mol. The Morgan fingerprint density at radius 3 is 2.39 bits per heavy atom. The number of hydrogen-bond donors (Lipinski definition) is 2. The lowest BCUT2D eigenvalue weighted by molar-refractivity contribution is -0.140. The number of amides is 1. The number of aliphatic hydroxyl groups is 1. The molecule has 0 aliphatic carbocycles. The summed E-state index contributed by atoms with van der Waals surface area (Å²) in [5.41, 5.74) is 1.65. The minimum atomic E-state index is -0.883. The van der Waals surface area contributed by atoms with Crippen LogP contribution in [-0.2, 0) is 16.1 Å². The molecule has 1 fully saturated rings. The van der Waals surface area contributed by atoms with Crippen LogP contribution in [0.1, 0.15) is 22.7 Å². The van der Waals surface area contributed by atoms with E-state index in [0.29, 0.717) is 16.9 Å². The Kier molecular flexibility index (Phi) is 6.04. The quantitative estimate of drug-likeness (QED) is 0.338. The fraction of sp³-hybridized carbons (Fsp3) is 0.154. The van der Waals surface area contributed by atoms with Gasteiger partial charge in [0.15, 0.2) is 11.5 Å². The van der Waals surface area contributed by atoms with Gasteiger partial charge in [-0.25, -0.2) is 0 Å². The zero-order chi connectivity index (χ0) is 23.5. The monoisotopic (exact) mass is 445 g/mol. The van der Waals surface area contributed by atoms with Crippen LogP contribution in [-0.4, -0.2) is 41.0 Å². The number of benzene rings is 3. The van der Waals surface area contributed by atoms with Gasteiger partial charge in [0, 0.05) is 12.1 Å². The maximum Gasteiger partial charge on any atom is 0.295 e. The topological polar surface area (TPSA) is 96.3 Å². The third kappa shape index (κ3) is 4.13. The fourth-order valence-electron chi connectivity index (χ4n) is 3.96. The van der Waals surface area contributed by atoms with Gasteiger partial charge in [0.1, 0.15) is 11.5 Å². The molecule has 1 saturated heterocycles. The van der Waals surface area contributed by atoms with E-state index in [2.05, 4.69) is 0 Å². The predicted octanol–water partition coefficient (Wildman–Crippen LogP) is 4.03. The molecule has 7 heteroatoms. The molecule has 1 heterocycles. The number of aliphatic hydroxyl groups excluding tert-OH is 1. The lowest BCUT2D eigenvalue weighted by atomic mass is 9.94. The summed E-state index contributed by atoms with van der Waals surface area (Å²) < 4.78 is 10.5. The summed E-state index contributed by atoms with van der Waals surface area (Å²) in [7, 11) is 2.91. The van der Waals surface area contributed by atoms with Crippen molar-refractivity contribution in [3.63, 3.8) is 0 Å². The number of ketones is 1. The SMILES string of the molecule is COc1cccc(/C(O)=C2\C(=O)C(=O)N(Cc3ccccc3)C2c2ccc(O)c(OC)c2)c1. The van der Waals surface area contributed by atoms with Gasteiger partial charge < -0.3 is 24.6 Å². The van der Waals surface area contributed by atoms with Crippen LogP contribution in [0.3, 0.4) is 0 Å². The van der Waals surface area contributed by atoms with Crippen LogP contribution in [0.2, 0.25) is 0 Å². The molecule has 168 valence electrons. The van der Waals surface area contributed by atoms with E-state index < -0.39 is 17.7 Å². The molecule has 1 unspecified atom stereocenters. The molecule has 0 radical (unpaired) electrons. The largest absolute Gasteiger partial charge is 0.507 e. The summed E-state index contributed by atoms with van der Waals surface area (Å²) in [5.74, 6) is -1.20. The second-order valence-corrected chi connectivity index (χ2v) is 7.58. The van der Waals surface area contributed by atoms with Gasteiger partial charge >= 0.3 is 0 Å². The number of hydrogen-bond acceptors (Lipinski definition) is 6. The first kappa shape index (κ1) is 22.0. The van der Waals surface area contributed by atoms with Crippen LogP contribution in [0.25, 0.3) is 5.76 Å². The van der Waals surface area contributed by atoms with Crippen molar-refractivity contribution in [3.05, 3.63) is 95.1 Å². The molecule has 0 saturated carbocycles. The zero-order valence-electron chi connectivity index (χ0n) is 18.2. The first-order valence-electron chi connectivity index (χ1n) is 10.3. The molecule has 7 nitrogen and oxygen atoms in total. The molecule has 1 amide bonds. The molecule has 0 bridgehead atoms. The van der Waals surface area contributed by atoms with Crippen molar-refractivity contribution in [2.24, 2.45) is 0 Å². The molecule has 3 aromatic rings. The number of phenolic OH excluding ortho intramolecular Hbond substituents is 1. The zero-order valence-corrected chi connectivity index (χ0v) is 18.2. The smallest absolute Gasteiger partial charge is 0.295 e. The van der Waals surface area contributed by atoms with E-state index in [9.17, 15) is 19.8 Å². The van der Waals surface area contributed by atoms with Gasteiger partial charge in [0.2, 0.25) is 0 Å². The van der Waals surface area contributed by atoms with Crippen molar-refractivity contribution in [2.75, 3.05) is 14.2 Å². The number of carbonyl (C=O) groups excluding carboxylic acids is 2.